The number of aromatic nitrogens is 2. The first-order chi connectivity index (χ1) is 10.8. The Morgan fingerprint density at radius 2 is 2.14 bits per heavy atom. The molecule has 2 aromatic heterocycles. The molecular formula is C16H17N3O3. The minimum absolute atomic E-state index is 0.0954. The average molecular weight is 299 g/mol. The Morgan fingerprint density at radius 3 is 2.91 bits per heavy atom. The molecule has 0 radical (unpaired) electrons. The lowest BCUT2D eigenvalue weighted by molar-refractivity contribution is 0.210. The third kappa shape index (κ3) is 2.87. The Bertz CT molecular complexity index is 809. The standard InChI is InChI=1S/C16H17N3O3/c1-21-10-8-17-16-18-14-7-3-2-6-13(14)15(20)19(16)11-12-5-4-9-22-12/h2-7,9H,8,10-11H2,1H3,(H,17,18). The molecule has 22 heavy (non-hydrogen) atoms. The number of nitrogens with zero attached hydrogens (tertiary/aromatic N) is 2. The summed E-state index contributed by atoms with van der Waals surface area (Å²) in [6, 6.07) is 10.9. The number of methoxy groups -OCH3 is 1. The molecule has 0 aliphatic heterocycles. The lowest BCUT2D eigenvalue weighted by Gasteiger charge is -2.13. The van der Waals surface area contributed by atoms with Gasteiger partial charge in [0.1, 0.15) is 5.76 Å². The van der Waals surface area contributed by atoms with Gasteiger partial charge in [-0.05, 0) is 24.3 Å². The third-order valence-electron chi connectivity index (χ3n) is 3.34. The highest BCUT2D eigenvalue weighted by atomic mass is 16.5. The molecule has 0 spiro atoms. The van der Waals surface area contributed by atoms with Gasteiger partial charge in [-0.15, -0.1) is 0 Å². The van der Waals surface area contributed by atoms with Crippen LogP contribution in [0.2, 0.25) is 0 Å². The van der Waals surface area contributed by atoms with Crippen LogP contribution in [0.3, 0.4) is 0 Å². The van der Waals surface area contributed by atoms with Crippen molar-refractivity contribution in [2.24, 2.45) is 0 Å². The van der Waals surface area contributed by atoms with Gasteiger partial charge in [0.25, 0.3) is 5.56 Å². The number of benzene rings is 1. The van der Waals surface area contributed by atoms with Gasteiger partial charge >= 0.3 is 0 Å². The van der Waals surface area contributed by atoms with Crippen molar-refractivity contribution in [2.45, 2.75) is 6.54 Å². The number of nitrogens with one attached hydrogen (secondary N) is 1. The van der Waals surface area contributed by atoms with E-state index >= 15 is 0 Å². The fourth-order valence-electron chi connectivity index (χ4n) is 2.27. The first-order valence-electron chi connectivity index (χ1n) is 7.04. The number of ether oxygens (including phenoxy) is 1. The zero-order valence-corrected chi connectivity index (χ0v) is 12.3. The van der Waals surface area contributed by atoms with Crippen molar-refractivity contribution in [3.8, 4) is 0 Å². The second kappa shape index (κ2) is 6.44. The molecule has 2 heterocycles. The lowest BCUT2D eigenvalue weighted by atomic mass is 10.2. The second-order valence-corrected chi connectivity index (χ2v) is 4.84. The predicted molar refractivity (Wildman–Crippen MR) is 84.2 cm³/mol. The van der Waals surface area contributed by atoms with E-state index in [0.717, 1.165) is 0 Å². The SMILES string of the molecule is COCCNc1nc2ccccc2c(=O)n1Cc1ccco1. The van der Waals surface area contributed by atoms with Crippen molar-refractivity contribution in [3.63, 3.8) is 0 Å². The molecule has 0 saturated heterocycles. The van der Waals surface area contributed by atoms with Gasteiger partial charge < -0.3 is 14.5 Å². The summed E-state index contributed by atoms with van der Waals surface area (Å²) < 4.78 is 12.0. The molecule has 0 atom stereocenters. The van der Waals surface area contributed by atoms with Gasteiger partial charge in [-0.25, -0.2) is 4.98 Å². The highest BCUT2D eigenvalue weighted by Gasteiger charge is 2.12. The number of para-hydroxylation sites is 1. The third-order valence-corrected chi connectivity index (χ3v) is 3.34. The first-order valence-corrected chi connectivity index (χ1v) is 7.04. The maximum atomic E-state index is 12.7. The zero-order chi connectivity index (χ0) is 15.4. The molecule has 114 valence electrons. The largest absolute Gasteiger partial charge is 0.467 e. The Morgan fingerprint density at radius 1 is 1.27 bits per heavy atom. The molecule has 0 aliphatic rings. The summed E-state index contributed by atoms with van der Waals surface area (Å²) in [5, 5.41) is 3.73. The summed E-state index contributed by atoms with van der Waals surface area (Å²) in [5.74, 6) is 1.21. The Kier molecular flexibility index (Phi) is 4.20. The Hall–Kier alpha value is -2.60. The molecule has 0 amide bonds. The van der Waals surface area contributed by atoms with Gasteiger partial charge in [-0.3, -0.25) is 9.36 Å². The van der Waals surface area contributed by atoms with Crippen molar-refractivity contribution in [2.75, 3.05) is 25.6 Å². The minimum Gasteiger partial charge on any atom is -0.467 e. The molecule has 0 saturated carbocycles. The fraction of sp³-hybridized carbons (Fsp3) is 0.250. The van der Waals surface area contributed by atoms with E-state index < -0.39 is 0 Å². The van der Waals surface area contributed by atoms with E-state index in [1.165, 1.54) is 0 Å². The molecule has 6 heteroatoms. The summed E-state index contributed by atoms with van der Waals surface area (Å²) in [6.07, 6.45) is 1.59. The van der Waals surface area contributed by atoms with Crippen LogP contribution < -0.4 is 10.9 Å². The van der Waals surface area contributed by atoms with Gasteiger partial charge in [0.2, 0.25) is 5.95 Å². The van der Waals surface area contributed by atoms with Crippen LogP contribution in [0, 0.1) is 0 Å². The van der Waals surface area contributed by atoms with Crippen LogP contribution in [-0.4, -0.2) is 29.8 Å². The molecule has 0 bridgehead atoms. The van der Waals surface area contributed by atoms with Crippen LogP contribution in [0.5, 0.6) is 0 Å². The Labute approximate surface area is 127 Å². The minimum atomic E-state index is -0.0954. The van der Waals surface area contributed by atoms with Crippen LogP contribution >= 0.6 is 0 Å². The maximum absolute atomic E-state index is 12.7. The van der Waals surface area contributed by atoms with Crippen LogP contribution in [0.15, 0.2) is 51.9 Å². The molecule has 3 rings (SSSR count). The maximum Gasteiger partial charge on any atom is 0.263 e. The van der Waals surface area contributed by atoms with Crippen LogP contribution in [-0.2, 0) is 11.3 Å². The van der Waals surface area contributed by atoms with Crippen LogP contribution in [0.4, 0.5) is 5.95 Å². The van der Waals surface area contributed by atoms with Crippen LogP contribution in [0.1, 0.15) is 5.76 Å². The van der Waals surface area contributed by atoms with Crippen molar-refractivity contribution in [1.29, 1.82) is 0 Å². The first kappa shape index (κ1) is 14.3. The zero-order valence-electron chi connectivity index (χ0n) is 12.3. The quantitative estimate of drug-likeness (QED) is 0.706. The summed E-state index contributed by atoms with van der Waals surface area (Å²) in [4.78, 5) is 17.3. The van der Waals surface area contributed by atoms with E-state index in [1.54, 1.807) is 30.1 Å². The molecule has 0 aliphatic carbocycles. The van der Waals surface area contributed by atoms with Gasteiger partial charge in [0.15, 0.2) is 0 Å². The number of hydrogen-bond acceptors (Lipinski definition) is 5. The fourth-order valence-corrected chi connectivity index (χ4v) is 2.27. The van der Waals surface area contributed by atoms with E-state index in [9.17, 15) is 4.79 Å². The smallest absolute Gasteiger partial charge is 0.263 e. The molecule has 1 N–H and O–H groups in total. The normalized spacial score (nSPS) is 11.0. The topological polar surface area (TPSA) is 69.3 Å². The van der Waals surface area contributed by atoms with E-state index in [4.69, 9.17) is 9.15 Å². The molecule has 3 aromatic rings. The van der Waals surface area contributed by atoms with Crippen LogP contribution in [0.25, 0.3) is 10.9 Å². The second-order valence-electron chi connectivity index (χ2n) is 4.84. The van der Waals surface area contributed by atoms with Gasteiger partial charge in [-0.1, -0.05) is 12.1 Å². The highest BCUT2D eigenvalue weighted by molar-refractivity contribution is 5.78. The highest BCUT2D eigenvalue weighted by Crippen LogP contribution is 2.13. The number of anilines is 1. The summed E-state index contributed by atoms with van der Waals surface area (Å²) in [7, 11) is 1.63. The molecular weight excluding hydrogens is 282 g/mol. The van der Waals surface area contributed by atoms with Crippen molar-refractivity contribution < 1.29 is 9.15 Å². The molecule has 1 aromatic carbocycles. The van der Waals surface area contributed by atoms with E-state index in [0.29, 0.717) is 42.3 Å². The lowest BCUT2D eigenvalue weighted by Crippen LogP contribution is -2.26. The van der Waals surface area contributed by atoms with Gasteiger partial charge in [-0.2, -0.15) is 0 Å². The number of furan rings is 1. The summed E-state index contributed by atoms with van der Waals surface area (Å²) >= 11 is 0. The number of rotatable bonds is 6. The van der Waals surface area contributed by atoms with E-state index in [-0.39, 0.29) is 5.56 Å². The number of hydrogen-bond donors (Lipinski definition) is 1. The molecule has 0 fully saturated rings. The summed E-state index contributed by atoms with van der Waals surface area (Å²) in [5.41, 5.74) is 0.574. The van der Waals surface area contributed by atoms with Crippen molar-refractivity contribution >= 4 is 16.9 Å². The monoisotopic (exact) mass is 299 g/mol. The molecule has 0 unspecified atom stereocenters. The summed E-state index contributed by atoms with van der Waals surface area (Å²) in [6.45, 7) is 1.43. The van der Waals surface area contributed by atoms with Crippen molar-refractivity contribution in [1.82, 2.24) is 9.55 Å². The predicted octanol–water partition coefficient (Wildman–Crippen LogP) is 2.10. The number of fused-ring (bicyclic) bond motifs is 1. The van der Waals surface area contributed by atoms with Gasteiger partial charge in [0.05, 0.1) is 30.3 Å². The van der Waals surface area contributed by atoms with E-state index in [1.807, 2.05) is 24.3 Å². The van der Waals surface area contributed by atoms with Crippen molar-refractivity contribution in [3.05, 3.63) is 58.8 Å². The average Bonchev–Trinajstić information content (AvgIpc) is 3.04. The Balaban J connectivity index is 2.06. The van der Waals surface area contributed by atoms with E-state index in [2.05, 4.69) is 10.3 Å². The van der Waals surface area contributed by atoms with Gasteiger partial charge in [0, 0.05) is 13.7 Å². The molecule has 6 nitrogen and oxygen atoms in total.